The van der Waals surface area contributed by atoms with E-state index < -0.39 is 49.5 Å². The van der Waals surface area contributed by atoms with Crippen molar-refractivity contribution < 1.29 is 49.3 Å². The summed E-state index contributed by atoms with van der Waals surface area (Å²) in [6, 6.07) is -0.813. The van der Waals surface area contributed by atoms with Crippen LogP contribution in [-0.2, 0) is 23.8 Å². The SMILES string of the molecule is CCCCCCCC/C=C\CCCCCCCCCC(=O)OCCCCCCCCCCCCCC/C=C\CCCCCCCCCC(=O)NC(COC1OC(CO)C(O)C(O)C1O)C(O)/C=C/CCCCCCCCC. The van der Waals surface area contributed by atoms with Crippen molar-refractivity contribution in [1.82, 2.24) is 5.32 Å². The largest absolute Gasteiger partial charge is 0.466 e. The predicted molar refractivity (Wildman–Crippen MR) is 320 cm³/mol. The summed E-state index contributed by atoms with van der Waals surface area (Å²) in [4.78, 5) is 25.1. The van der Waals surface area contributed by atoms with Gasteiger partial charge in [-0.05, 0) is 83.5 Å². The van der Waals surface area contributed by atoms with E-state index in [9.17, 15) is 35.1 Å². The maximum absolute atomic E-state index is 13.0. The first-order chi connectivity index (χ1) is 37.7. The highest BCUT2D eigenvalue weighted by Crippen LogP contribution is 2.23. The van der Waals surface area contributed by atoms with Gasteiger partial charge in [-0.25, -0.2) is 0 Å². The zero-order chi connectivity index (χ0) is 55.9. The normalized spacial score (nSPS) is 18.8. The van der Waals surface area contributed by atoms with Gasteiger partial charge in [0.2, 0.25) is 5.91 Å². The Hall–Kier alpha value is -2.12. The van der Waals surface area contributed by atoms with Crippen LogP contribution in [-0.4, -0.2) is 100 Å². The Morgan fingerprint density at radius 1 is 0.468 bits per heavy atom. The van der Waals surface area contributed by atoms with Gasteiger partial charge in [-0.3, -0.25) is 9.59 Å². The first-order valence-electron chi connectivity index (χ1n) is 32.8. The molecular weight excluding hydrogens is 967 g/mol. The number of hydrogen-bond donors (Lipinski definition) is 6. The fourth-order valence-corrected chi connectivity index (χ4v) is 10.2. The average molecular weight is 1090 g/mol. The predicted octanol–water partition coefficient (Wildman–Crippen LogP) is 15.8. The van der Waals surface area contributed by atoms with Crippen LogP contribution in [0.15, 0.2) is 36.5 Å². The van der Waals surface area contributed by atoms with Crippen LogP contribution >= 0.6 is 0 Å². The molecule has 0 bridgehead atoms. The molecule has 0 spiro atoms. The fourth-order valence-electron chi connectivity index (χ4n) is 10.2. The zero-order valence-electron chi connectivity index (χ0n) is 49.9. The lowest BCUT2D eigenvalue weighted by atomic mass is 9.99. The molecule has 0 radical (unpaired) electrons. The molecule has 11 nitrogen and oxygen atoms in total. The molecule has 77 heavy (non-hydrogen) atoms. The number of aliphatic hydroxyl groups is 5. The zero-order valence-corrected chi connectivity index (χ0v) is 49.9. The van der Waals surface area contributed by atoms with Crippen LogP contribution in [0.5, 0.6) is 0 Å². The summed E-state index contributed by atoms with van der Waals surface area (Å²) in [5.74, 6) is -0.193. The fraction of sp³-hybridized carbons (Fsp3) is 0.879. The number of rotatable bonds is 57. The number of allylic oxidation sites excluding steroid dienone is 5. The van der Waals surface area contributed by atoms with E-state index in [-0.39, 0.29) is 18.5 Å². The molecular formula is C66H123NO10. The van der Waals surface area contributed by atoms with E-state index in [2.05, 4.69) is 43.5 Å². The number of carbonyl (C=O) groups excluding carboxylic acids is 2. The second kappa shape index (κ2) is 55.8. The maximum Gasteiger partial charge on any atom is 0.305 e. The standard InChI is InChI=1S/C66H123NO10/c1-3-5-7-9-11-13-14-15-16-24-28-31-34-38-42-46-50-54-62(71)75-55-51-47-43-39-35-32-29-26-23-21-19-17-18-20-22-25-27-30-33-37-41-45-49-53-61(70)67-58(59(69)52-48-44-40-36-12-10-8-6-4-2)57-76-66-65(74)64(73)63(72)60(56-68)77-66/h15-16,20,22,48,52,58-60,63-66,68-69,72-74H,3-14,17-19,21,23-47,49-51,53-57H2,1-2H3,(H,67,70)/b16-15-,22-20-,52-48+. The third-order valence-electron chi connectivity index (χ3n) is 15.5. The van der Waals surface area contributed by atoms with E-state index in [4.69, 9.17) is 14.2 Å². The third-order valence-corrected chi connectivity index (χ3v) is 15.5. The number of aliphatic hydroxyl groups excluding tert-OH is 5. The van der Waals surface area contributed by atoms with Crippen molar-refractivity contribution in [2.24, 2.45) is 0 Å². The number of hydrogen-bond acceptors (Lipinski definition) is 10. The molecule has 1 aliphatic heterocycles. The molecule has 0 aliphatic carbocycles. The lowest BCUT2D eigenvalue weighted by Gasteiger charge is -2.40. The van der Waals surface area contributed by atoms with Crippen LogP contribution in [0.3, 0.4) is 0 Å². The lowest BCUT2D eigenvalue weighted by molar-refractivity contribution is -0.302. The molecule has 452 valence electrons. The lowest BCUT2D eigenvalue weighted by Crippen LogP contribution is -2.60. The molecule has 1 heterocycles. The summed E-state index contributed by atoms with van der Waals surface area (Å²) in [6.07, 6.45) is 59.8. The summed E-state index contributed by atoms with van der Waals surface area (Å²) >= 11 is 0. The van der Waals surface area contributed by atoms with Crippen molar-refractivity contribution in [3.8, 4) is 0 Å². The highest BCUT2D eigenvalue weighted by molar-refractivity contribution is 5.76. The maximum atomic E-state index is 13.0. The molecule has 1 fully saturated rings. The Balaban J connectivity index is 1.97. The van der Waals surface area contributed by atoms with E-state index in [0.29, 0.717) is 19.4 Å². The van der Waals surface area contributed by atoms with Gasteiger partial charge in [-0.1, -0.05) is 249 Å². The first-order valence-corrected chi connectivity index (χ1v) is 32.8. The number of unbranched alkanes of at least 4 members (excludes halogenated alkanes) is 39. The Morgan fingerprint density at radius 2 is 0.831 bits per heavy atom. The van der Waals surface area contributed by atoms with Gasteiger partial charge in [0.15, 0.2) is 6.29 Å². The quantitative estimate of drug-likeness (QED) is 0.0195. The number of carbonyl (C=O) groups is 2. The summed E-state index contributed by atoms with van der Waals surface area (Å²) in [5.41, 5.74) is 0. The van der Waals surface area contributed by atoms with E-state index in [1.54, 1.807) is 6.08 Å². The Morgan fingerprint density at radius 3 is 1.25 bits per heavy atom. The van der Waals surface area contributed by atoms with Crippen molar-refractivity contribution in [1.29, 1.82) is 0 Å². The van der Waals surface area contributed by atoms with Gasteiger partial charge >= 0.3 is 5.97 Å². The summed E-state index contributed by atoms with van der Waals surface area (Å²) in [7, 11) is 0. The van der Waals surface area contributed by atoms with Gasteiger partial charge in [0.1, 0.15) is 24.4 Å². The molecule has 1 saturated heterocycles. The Kier molecular flexibility index (Phi) is 52.8. The molecule has 6 N–H and O–H groups in total. The van der Waals surface area contributed by atoms with Gasteiger partial charge in [-0.15, -0.1) is 0 Å². The van der Waals surface area contributed by atoms with Crippen molar-refractivity contribution in [3.63, 3.8) is 0 Å². The molecule has 0 aromatic carbocycles. The molecule has 0 aromatic heterocycles. The van der Waals surface area contributed by atoms with E-state index >= 15 is 0 Å². The molecule has 7 unspecified atom stereocenters. The summed E-state index contributed by atoms with van der Waals surface area (Å²) in [5, 5.41) is 54.2. The second-order valence-corrected chi connectivity index (χ2v) is 22.8. The number of ether oxygens (including phenoxy) is 3. The van der Waals surface area contributed by atoms with Crippen LogP contribution in [0.1, 0.15) is 309 Å². The van der Waals surface area contributed by atoms with Gasteiger partial charge in [-0.2, -0.15) is 0 Å². The Bertz CT molecular complexity index is 1370. The molecule has 11 heteroatoms. The minimum atomic E-state index is -1.57. The number of nitrogens with one attached hydrogen (secondary N) is 1. The molecule has 1 amide bonds. The van der Waals surface area contributed by atoms with Gasteiger partial charge in [0, 0.05) is 12.8 Å². The van der Waals surface area contributed by atoms with Crippen LogP contribution < -0.4 is 5.32 Å². The molecule has 1 rings (SSSR count). The smallest absolute Gasteiger partial charge is 0.305 e. The average Bonchev–Trinajstić information content (AvgIpc) is 3.43. The van der Waals surface area contributed by atoms with Crippen LogP contribution in [0.25, 0.3) is 0 Å². The highest BCUT2D eigenvalue weighted by Gasteiger charge is 2.44. The van der Waals surface area contributed by atoms with Crippen molar-refractivity contribution in [2.75, 3.05) is 19.8 Å². The van der Waals surface area contributed by atoms with Crippen LogP contribution in [0, 0.1) is 0 Å². The molecule has 1 aliphatic rings. The molecule has 0 saturated carbocycles. The first kappa shape index (κ1) is 72.9. The molecule has 7 atom stereocenters. The summed E-state index contributed by atoms with van der Waals surface area (Å²) < 4.78 is 16.7. The minimum Gasteiger partial charge on any atom is -0.466 e. The van der Waals surface area contributed by atoms with Gasteiger partial charge in [0.25, 0.3) is 0 Å². The third kappa shape index (κ3) is 45.2. The minimum absolute atomic E-state index is 0.00360. The van der Waals surface area contributed by atoms with Gasteiger partial charge < -0.3 is 45.1 Å². The topological polar surface area (TPSA) is 175 Å². The van der Waals surface area contributed by atoms with Crippen molar-refractivity contribution >= 4 is 11.9 Å². The van der Waals surface area contributed by atoms with Crippen LogP contribution in [0.2, 0.25) is 0 Å². The van der Waals surface area contributed by atoms with Crippen molar-refractivity contribution in [2.45, 2.75) is 352 Å². The van der Waals surface area contributed by atoms with E-state index in [1.165, 1.54) is 212 Å². The number of esters is 1. The van der Waals surface area contributed by atoms with Gasteiger partial charge in [0.05, 0.1) is 32.0 Å². The highest BCUT2D eigenvalue weighted by atomic mass is 16.7. The van der Waals surface area contributed by atoms with Crippen LogP contribution in [0.4, 0.5) is 0 Å². The summed E-state index contributed by atoms with van der Waals surface area (Å²) in [6.45, 7) is 4.32. The van der Waals surface area contributed by atoms with E-state index in [0.717, 1.165) is 70.6 Å². The number of amides is 1. The Labute approximate surface area is 473 Å². The second-order valence-electron chi connectivity index (χ2n) is 22.8. The molecule has 0 aromatic rings. The monoisotopic (exact) mass is 1090 g/mol. The van der Waals surface area contributed by atoms with E-state index in [1.807, 2.05) is 6.08 Å². The van der Waals surface area contributed by atoms with Crippen molar-refractivity contribution in [3.05, 3.63) is 36.5 Å².